The minimum absolute atomic E-state index is 0.585. The summed E-state index contributed by atoms with van der Waals surface area (Å²) in [5.74, 6) is 0.797. The quantitative estimate of drug-likeness (QED) is 0.812. The normalized spacial score (nSPS) is 9.36. The molecule has 0 spiro atoms. The van der Waals surface area contributed by atoms with Gasteiger partial charge in [0.1, 0.15) is 5.75 Å². The van der Waals surface area contributed by atoms with Gasteiger partial charge >= 0.3 is 0 Å². The maximum Gasteiger partial charge on any atom is 0.170 e. The Bertz CT molecular complexity index is 344. The molecule has 0 aliphatic carbocycles. The minimum atomic E-state index is 0.585. The predicted molar refractivity (Wildman–Crippen MR) is 66.0 cm³/mol. The Morgan fingerprint density at radius 1 is 1.50 bits per heavy atom. The fraction of sp³-hybridized carbons (Fsp3) is 0.222. The van der Waals surface area contributed by atoms with E-state index in [1.165, 1.54) is 0 Å². The summed E-state index contributed by atoms with van der Waals surface area (Å²) in [6.07, 6.45) is 0. The molecule has 0 amide bonds. The summed E-state index contributed by atoms with van der Waals surface area (Å²) >= 11 is 8.36. The maximum atomic E-state index is 5.11. The van der Waals surface area contributed by atoms with Crippen LogP contribution in [0.25, 0.3) is 0 Å². The molecule has 76 valence electrons. The Balaban J connectivity index is 2.81. The Morgan fingerprint density at radius 2 is 2.21 bits per heavy atom. The van der Waals surface area contributed by atoms with Crippen LogP contribution in [0.3, 0.4) is 0 Å². The van der Waals surface area contributed by atoms with Crippen LogP contribution < -0.4 is 15.4 Å². The van der Waals surface area contributed by atoms with Crippen LogP contribution in [0.15, 0.2) is 22.7 Å². The van der Waals surface area contributed by atoms with Crippen molar-refractivity contribution in [1.29, 1.82) is 0 Å². The third-order valence-electron chi connectivity index (χ3n) is 1.64. The van der Waals surface area contributed by atoms with Crippen molar-refractivity contribution in [3.63, 3.8) is 0 Å². The molecule has 0 unspecified atom stereocenters. The van der Waals surface area contributed by atoms with Crippen LogP contribution in [0.4, 0.5) is 5.69 Å². The highest BCUT2D eigenvalue weighted by Crippen LogP contribution is 2.27. The Labute approximate surface area is 97.0 Å². The van der Waals surface area contributed by atoms with Crippen LogP contribution in [0.2, 0.25) is 0 Å². The fourth-order valence-electron chi connectivity index (χ4n) is 0.938. The number of ether oxygens (including phenoxy) is 1. The number of anilines is 1. The molecule has 0 bridgehead atoms. The summed E-state index contributed by atoms with van der Waals surface area (Å²) in [5, 5.41) is 6.44. The molecular formula is C9H11BrN2OS. The van der Waals surface area contributed by atoms with E-state index < -0.39 is 0 Å². The van der Waals surface area contributed by atoms with Gasteiger partial charge in [0.05, 0.1) is 11.6 Å². The zero-order valence-corrected chi connectivity index (χ0v) is 10.3. The lowest BCUT2D eigenvalue weighted by Crippen LogP contribution is -2.24. The van der Waals surface area contributed by atoms with Gasteiger partial charge in [-0.05, 0) is 46.3 Å². The van der Waals surface area contributed by atoms with Crippen LogP contribution in [0, 0.1) is 0 Å². The van der Waals surface area contributed by atoms with E-state index in [4.69, 9.17) is 17.0 Å². The smallest absolute Gasteiger partial charge is 0.170 e. The van der Waals surface area contributed by atoms with Gasteiger partial charge in [-0.25, -0.2) is 0 Å². The average Bonchev–Trinajstić information content (AvgIpc) is 2.18. The monoisotopic (exact) mass is 274 g/mol. The number of thiocarbonyl (C=S) groups is 1. The summed E-state index contributed by atoms with van der Waals surface area (Å²) in [4.78, 5) is 0. The standard InChI is InChI=1S/C9H11BrN2OS/c1-11-9(14)12-6-3-4-8(13-2)7(10)5-6/h3-5H,1-2H3,(H2,11,12,14). The SMILES string of the molecule is CNC(=S)Nc1ccc(OC)c(Br)c1. The maximum absolute atomic E-state index is 5.11. The number of rotatable bonds is 2. The summed E-state index contributed by atoms with van der Waals surface area (Å²) < 4.78 is 6.00. The van der Waals surface area contributed by atoms with E-state index >= 15 is 0 Å². The zero-order chi connectivity index (χ0) is 10.6. The summed E-state index contributed by atoms with van der Waals surface area (Å²) in [5.41, 5.74) is 0.914. The van der Waals surface area contributed by atoms with Crippen molar-refractivity contribution in [2.45, 2.75) is 0 Å². The molecule has 0 radical (unpaired) electrons. The van der Waals surface area contributed by atoms with Gasteiger partial charge in [0, 0.05) is 12.7 Å². The van der Waals surface area contributed by atoms with Gasteiger partial charge in [-0.15, -0.1) is 0 Å². The average molecular weight is 275 g/mol. The molecule has 0 atom stereocenters. The first-order valence-corrected chi connectivity index (χ1v) is 5.19. The van der Waals surface area contributed by atoms with Gasteiger partial charge in [0.2, 0.25) is 0 Å². The zero-order valence-electron chi connectivity index (χ0n) is 7.93. The van der Waals surface area contributed by atoms with Gasteiger partial charge in [0.15, 0.2) is 5.11 Å². The largest absolute Gasteiger partial charge is 0.496 e. The van der Waals surface area contributed by atoms with Crippen molar-refractivity contribution in [1.82, 2.24) is 5.32 Å². The van der Waals surface area contributed by atoms with E-state index in [2.05, 4.69) is 26.6 Å². The highest BCUT2D eigenvalue weighted by molar-refractivity contribution is 9.10. The Hall–Kier alpha value is -0.810. The van der Waals surface area contributed by atoms with Gasteiger partial charge in [-0.3, -0.25) is 0 Å². The molecule has 0 saturated carbocycles. The van der Waals surface area contributed by atoms with E-state index in [0.29, 0.717) is 5.11 Å². The van der Waals surface area contributed by atoms with E-state index in [1.54, 1.807) is 14.2 Å². The number of hydrogen-bond donors (Lipinski definition) is 2. The number of benzene rings is 1. The lowest BCUT2D eigenvalue weighted by atomic mass is 10.3. The van der Waals surface area contributed by atoms with Crippen molar-refractivity contribution in [3.05, 3.63) is 22.7 Å². The van der Waals surface area contributed by atoms with E-state index in [0.717, 1.165) is 15.9 Å². The Morgan fingerprint density at radius 3 is 2.71 bits per heavy atom. The number of nitrogens with one attached hydrogen (secondary N) is 2. The molecule has 1 aromatic carbocycles. The van der Waals surface area contributed by atoms with Gasteiger partial charge in [0.25, 0.3) is 0 Å². The third kappa shape index (κ3) is 2.85. The lowest BCUT2D eigenvalue weighted by molar-refractivity contribution is 0.412. The van der Waals surface area contributed by atoms with E-state index in [9.17, 15) is 0 Å². The molecule has 0 saturated heterocycles. The number of halogens is 1. The Kier molecular flexibility index (Phi) is 4.16. The molecule has 0 aliphatic rings. The molecule has 3 nitrogen and oxygen atoms in total. The van der Waals surface area contributed by atoms with Crippen molar-refractivity contribution >= 4 is 38.9 Å². The second kappa shape index (κ2) is 5.17. The number of methoxy groups -OCH3 is 1. The first-order chi connectivity index (χ1) is 6.67. The van der Waals surface area contributed by atoms with E-state index in [-0.39, 0.29) is 0 Å². The van der Waals surface area contributed by atoms with Crippen molar-refractivity contribution in [2.75, 3.05) is 19.5 Å². The molecule has 14 heavy (non-hydrogen) atoms. The van der Waals surface area contributed by atoms with Gasteiger partial charge in [-0.1, -0.05) is 0 Å². The first kappa shape index (κ1) is 11.3. The van der Waals surface area contributed by atoms with Crippen molar-refractivity contribution in [3.8, 4) is 5.75 Å². The van der Waals surface area contributed by atoms with Gasteiger partial charge < -0.3 is 15.4 Å². The highest BCUT2D eigenvalue weighted by Gasteiger charge is 2.01. The lowest BCUT2D eigenvalue weighted by Gasteiger charge is -2.09. The second-order valence-corrected chi connectivity index (χ2v) is 3.82. The molecule has 5 heteroatoms. The molecular weight excluding hydrogens is 264 g/mol. The minimum Gasteiger partial charge on any atom is -0.496 e. The van der Waals surface area contributed by atoms with Crippen LogP contribution in [0.5, 0.6) is 5.75 Å². The van der Waals surface area contributed by atoms with E-state index in [1.807, 2.05) is 18.2 Å². The summed E-state index contributed by atoms with van der Waals surface area (Å²) in [6.45, 7) is 0. The van der Waals surface area contributed by atoms with Gasteiger partial charge in [-0.2, -0.15) is 0 Å². The summed E-state index contributed by atoms with van der Waals surface area (Å²) in [7, 11) is 3.40. The topological polar surface area (TPSA) is 33.3 Å². The second-order valence-electron chi connectivity index (χ2n) is 2.55. The molecule has 0 fully saturated rings. The molecule has 0 aliphatic heterocycles. The van der Waals surface area contributed by atoms with Crippen LogP contribution >= 0.6 is 28.1 Å². The molecule has 2 N–H and O–H groups in total. The van der Waals surface area contributed by atoms with Crippen molar-refractivity contribution in [2.24, 2.45) is 0 Å². The molecule has 0 aromatic heterocycles. The predicted octanol–water partition coefficient (Wildman–Crippen LogP) is 2.37. The molecule has 1 aromatic rings. The van der Waals surface area contributed by atoms with Crippen LogP contribution in [-0.2, 0) is 0 Å². The fourth-order valence-corrected chi connectivity index (χ4v) is 1.60. The van der Waals surface area contributed by atoms with Crippen molar-refractivity contribution < 1.29 is 4.74 Å². The van der Waals surface area contributed by atoms with Crippen LogP contribution in [0.1, 0.15) is 0 Å². The summed E-state index contributed by atoms with van der Waals surface area (Å²) in [6, 6.07) is 5.67. The highest BCUT2D eigenvalue weighted by atomic mass is 79.9. The first-order valence-electron chi connectivity index (χ1n) is 3.99. The number of hydrogen-bond acceptors (Lipinski definition) is 2. The molecule has 0 heterocycles. The third-order valence-corrected chi connectivity index (χ3v) is 2.56. The van der Waals surface area contributed by atoms with Crippen LogP contribution in [-0.4, -0.2) is 19.3 Å². The molecule has 1 rings (SSSR count).